The topological polar surface area (TPSA) is 76.2 Å². The fraction of sp³-hybridized carbons (Fsp3) is 0.333. The van der Waals surface area contributed by atoms with E-state index >= 15 is 0 Å². The summed E-state index contributed by atoms with van der Waals surface area (Å²) >= 11 is 0. The zero-order chi connectivity index (χ0) is 23.4. The number of azo groups is 1. The Kier molecular flexibility index (Phi) is 9.02. The van der Waals surface area contributed by atoms with Crippen molar-refractivity contribution < 1.29 is 51.3 Å². The average Bonchev–Trinajstić information content (AvgIpc) is 2.67. The first-order valence-corrected chi connectivity index (χ1v) is 10.2. The van der Waals surface area contributed by atoms with Gasteiger partial charge in [-0.2, -0.15) is 26.3 Å². The molecule has 6 nitrogen and oxygen atoms in total. The molecule has 2 rings (SSSR count). The van der Waals surface area contributed by atoms with Gasteiger partial charge < -0.3 is 9.62 Å². The first-order chi connectivity index (χ1) is 14.3. The van der Waals surface area contributed by atoms with Crippen LogP contribution < -0.4 is 4.90 Å². The van der Waals surface area contributed by atoms with Crippen molar-refractivity contribution in [2.45, 2.75) is 25.5 Å². The van der Waals surface area contributed by atoms with E-state index in [1.165, 1.54) is 12.1 Å². The Hall–Kier alpha value is -2.43. The minimum Gasteiger partial charge on any atom is -0.568 e. The van der Waals surface area contributed by atoms with Crippen LogP contribution in [0.3, 0.4) is 0 Å². The molecule has 0 saturated heterocycles. The molecule has 14 heteroatoms. The van der Waals surface area contributed by atoms with Crippen molar-refractivity contribution in [2.75, 3.05) is 18.0 Å². The Morgan fingerprint density at radius 1 is 1.03 bits per heavy atom. The van der Waals surface area contributed by atoms with Gasteiger partial charge >= 0.3 is 11.7 Å². The van der Waals surface area contributed by atoms with Crippen LogP contribution in [0.25, 0.3) is 4.72 Å². The van der Waals surface area contributed by atoms with Gasteiger partial charge in [-0.3, -0.25) is 0 Å². The normalized spacial score (nSPS) is 14.4. The van der Waals surface area contributed by atoms with E-state index in [1.54, 1.807) is 18.7 Å². The van der Waals surface area contributed by atoms with E-state index in [1.807, 2.05) is 0 Å². The molecule has 0 aliphatic heterocycles. The standard InChI is InChI=1S/C18H16F6N4O2S.Ni/c1-3-28(4-2)14-9-10-15(16(11-14)27-31(29,30)18(22,23)24)26-25-13-7-5-12(6-8-13)17(19,20)21;/h5-7,9-11H,3-4H2,1-2H3;. The molecule has 0 atom stereocenters. The molecule has 178 valence electrons. The van der Waals surface area contributed by atoms with E-state index in [2.05, 4.69) is 21.0 Å². The van der Waals surface area contributed by atoms with Gasteiger partial charge in [0.25, 0.3) is 0 Å². The number of rotatable bonds is 7. The van der Waals surface area contributed by atoms with Gasteiger partial charge in [-0.15, -0.1) is 10.2 Å². The van der Waals surface area contributed by atoms with Crippen molar-refractivity contribution in [1.82, 2.24) is 0 Å². The molecule has 0 saturated carbocycles. The second kappa shape index (κ2) is 10.5. The summed E-state index contributed by atoms with van der Waals surface area (Å²) < 4.78 is 102. The van der Waals surface area contributed by atoms with Gasteiger partial charge in [-0.05, 0) is 26.0 Å². The number of nitrogens with zero attached hydrogens (tertiary/aromatic N) is 4. The van der Waals surface area contributed by atoms with Crippen LogP contribution in [0.5, 0.6) is 0 Å². The number of allylic oxidation sites excluding steroid dienone is 5. The number of benzene rings is 1. The molecule has 0 radical (unpaired) electrons. The van der Waals surface area contributed by atoms with E-state index in [0.717, 1.165) is 18.2 Å². The van der Waals surface area contributed by atoms with Crippen LogP contribution in [-0.2, 0) is 26.5 Å². The Labute approximate surface area is 190 Å². The first-order valence-electron chi connectivity index (χ1n) is 8.72. The maximum atomic E-state index is 12.8. The second-order valence-electron chi connectivity index (χ2n) is 6.02. The van der Waals surface area contributed by atoms with Gasteiger partial charge in [0, 0.05) is 35.3 Å². The van der Waals surface area contributed by atoms with Gasteiger partial charge in [0.05, 0.1) is 23.9 Å². The molecule has 0 amide bonds. The molecule has 0 fully saturated rings. The van der Waals surface area contributed by atoms with Crippen molar-refractivity contribution in [2.24, 2.45) is 10.2 Å². The molecule has 1 aliphatic carbocycles. The third-order valence-corrected chi connectivity index (χ3v) is 5.01. The average molecular weight is 525 g/mol. The maximum Gasteiger partial charge on any atom is 0.483 e. The van der Waals surface area contributed by atoms with Crippen molar-refractivity contribution in [1.29, 1.82) is 0 Å². The second-order valence-corrected chi connectivity index (χ2v) is 7.61. The predicted molar refractivity (Wildman–Crippen MR) is 103 cm³/mol. The smallest absolute Gasteiger partial charge is 0.483 e. The third kappa shape index (κ3) is 6.78. The fourth-order valence-electron chi connectivity index (χ4n) is 2.40. The van der Waals surface area contributed by atoms with E-state index in [4.69, 9.17) is 0 Å². The van der Waals surface area contributed by atoms with Crippen LogP contribution >= 0.6 is 0 Å². The van der Waals surface area contributed by atoms with Gasteiger partial charge in [-0.1, -0.05) is 11.8 Å². The molecule has 1 aromatic rings. The summed E-state index contributed by atoms with van der Waals surface area (Å²) in [6.45, 7) is 4.56. The van der Waals surface area contributed by atoms with Gasteiger partial charge in [0.15, 0.2) is 15.6 Å². The summed E-state index contributed by atoms with van der Waals surface area (Å²) in [5, 5.41) is 7.27. The Morgan fingerprint density at radius 3 is 2.12 bits per heavy atom. The van der Waals surface area contributed by atoms with Crippen LogP contribution in [-0.4, -0.2) is 33.2 Å². The molecule has 0 unspecified atom stereocenters. The van der Waals surface area contributed by atoms with Crippen LogP contribution in [0.4, 0.5) is 43.4 Å². The molecule has 0 bridgehead atoms. The van der Waals surface area contributed by atoms with Crippen molar-refractivity contribution in [3.05, 3.63) is 58.5 Å². The number of alkyl halides is 6. The predicted octanol–water partition coefficient (Wildman–Crippen LogP) is 6.21. The SMILES string of the molecule is CCN(CC)c1ccc(N=NC2=[C+]C=C(C(F)(F)F)C=C2)c([N-]S(=O)(=O)C(F)(F)F)c1.[Ni]. The molecule has 1 aromatic carbocycles. The van der Waals surface area contributed by atoms with E-state index in [-0.39, 0.29) is 27.9 Å². The largest absolute Gasteiger partial charge is 0.568 e. The summed E-state index contributed by atoms with van der Waals surface area (Å²) in [4.78, 5) is 1.74. The van der Waals surface area contributed by atoms with Crippen LogP contribution in [0, 0.1) is 6.08 Å². The summed E-state index contributed by atoms with van der Waals surface area (Å²) in [6.07, 6.45) is -0.0186. The van der Waals surface area contributed by atoms with Crippen LogP contribution in [0.1, 0.15) is 13.8 Å². The van der Waals surface area contributed by atoms with E-state index in [0.29, 0.717) is 24.9 Å². The molecule has 32 heavy (non-hydrogen) atoms. The Morgan fingerprint density at radius 2 is 1.66 bits per heavy atom. The summed E-state index contributed by atoms with van der Waals surface area (Å²) in [6, 6.07) is 3.81. The van der Waals surface area contributed by atoms with Crippen molar-refractivity contribution in [3.63, 3.8) is 0 Å². The third-order valence-electron chi connectivity index (χ3n) is 3.99. The minimum atomic E-state index is -5.86. The quantitative estimate of drug-likeness (QED) is 0.184. The maximum absolute atomic E-state index is 12.8. The molecule has 0 N–H and O–H groups in total. The zero-order valence-electron chi connectivity index (χ0n) is 16.5. The first kappa shape index (κ1) is 27.6. The number of hydrogen-bond donors (Lipinski definition) is 0. The number of anilines is 1. The summed E-state index contributed by atoms with van der Waals surface area (Å²) in [7, 11) is -5.86. The molecule has 1 aliphatic rings. The van der Waals surface area contributed by atoms with E-state index in [9.17, 15) is 34.8 Å². The van der Waals surface area contributed by atoms with Gasteiger partial charge in [-0.25, -0.2) is 8.42 Å². The Balaban J connectivity index is 0.00000512. The number of sulfonamides is 1. The molecule has 0 heterocycles. The monoisotopic (exact) mass is 524 g/mol. The molecule has 0 spiro atoms. The van der Waals surface area contributed by atoms with Gasteiger partial charge in [0.2, 0.25) is 5.70 Å². The molecule has 0 aromatic heterocycles. The summed E-state index contributed by atoms with van der Waals surface area (Å²) in [5.41, 5.74) is -7.27. The zero-order valence-corrected chi connectivity index (χ0v) is 18.3. The van der Waals surface area contributed by atoms with Crippen molar-refractivity contribution in [3.8, 4) is 0 Å². The minimum absolute atomic E-state index is 0. The summed E-state index contributed by atoms with van der Waals surface area (Å²) in [5.74, 6) is 0. The fourth-order valence-corrected chi connectivity index (χ4v) is 2.91. The number of hydrogen-bond acceptors (Lipinski definition) is 5. The van der Waals surface area contributed by atoms with Gasteiger partial charge in [0.1, 0.15) is 6.08 Å². The number of halogens is 6. The molecular formula is C18H16F6N4NiO2S. The van der Waals surface area contributed by atoms with E-state index < -0.39 is 33.0 Å². The van der Waals surface area contributed by atoms with Crippen LogP contribution in [0.2, 0.25) is 0 Å². The molecular weight excluding hydrogens is 509 g/mol. The Bertz CT molecular complexity index is 1040. The van der Waals surface area contributed by atoms with Crippen molar-refractivity contribution >= 4 is 27.1 Å². The van der Waals surface area contributed by atoms with Crippen LogP contribution in [0.15, 0.2) is 57.9 Å².